The fourth-order valence-corrected chi connectivity index (χ4v) is 4.47. The first-order valence-electron chi connectivity index (χ1n) is 11.3. The van der Waals surface area contributed by atoms with E-state index in [1.807, 2.05) is 6.07 Å². The van der Waals surface area contributed by atoms with Crippen molar-refractivity contribution < 1.29 is 18.8 Å². The van der Waals surface area contributed by atoms with Gasteiger partial charge in [0.2, 0.25) is 11.8 Å². The zero-order valence-electron chi connectivity index (χ0n) is 19.4. The van der Waals surface area contributed by atoms with Gasteiger partial charge in [-0.3, -0.25) is 10.1 Å². The van der Waals surface area contributed by atoms with Crippen molar-refractivity contribution >= 4 is 28.2 Å². The largest absolute Gasteiger partial charge is 0.487 e. The standard InChI is InChI=1S/C25H24FN5O4/c1-15-11-19(26)21(31(32)33)12-20(15)28-25-27-13-22(35-10-9-34-2)23(29-25)18-14-30-8-4-6-16-5-3-7-17(18)24(16)30/h3,5,7,11-14H,4,6,8-10H2,1-2H3,(H,27,28,29). The second kappa shape index (κ2) is 9.30. The molecule has 35 heavy (non-hydrogen) atoms. The van der Waals surface area contributed by atoms with E-state index in [0.29, 0.717) is 35.9 Å². The van der Waals surface area contributed by atoms with Gasteiger partial charge in [-0.05, 0) is 37.0 Å². The highest BCUT2D eigenvalue weighted by Gasteiger charge is 2.22. The van der Waals surface area contributed by atoms with E-state index < -0.39 is 16.4 Å². The molecular formula is C25H24FN5O4. The minimum absolute atomic E-state index is 0.218. The molecule has 0 bridgehead atoms. The van der Waals surface area contributed by atoms with Crippen LogP contribution in [0.1, 0.15) is 17.5 Å². The first kappa shape index (κ1) is 22.7. The van der Waals surface area contributed by atoms with Crippen LogP contribution >= 0.6 is 0 Å². The number of nitro benzene ring substituents is 1. The van der Waals surface area contributed by atoms with Gasteiger partial charge in [-0.25, -0.2) is 9.97 Å². The SMILES string of the molecule is COCCOc1cnc(Nc2cc([N+](=O)[O-])c(F)cc2C)nc1-c1cn2c3c(cccc13)CCC2. The lowest BCUT2D eigenvalue weighted by atomic mass is 10.0. The number of benzene rings is 2. The molecule has 0 unspecified atom stereocenters. The molecule has 0 fully saturated rings. The van der Waals surface area contributed by atoms with Crippen molar-refractivity contribution in [2.75, 3.05) is 25.6 Å². The quantitative estimate of drug-likeness (QED) is 0.212. The second-order valence-corrected chi connectivity index (χ2v) is 8.40. The first-order chi connectivity index (χ1) is 17.0. The minimum Gasteiger partial charge on any atom is -0.487 e. The molecule has 0 radical (unpaired) electrons. The maximum absolute atomic E-state index is 14.0. The van der Waals surface area contributed by atoms with Crippen molar-refractivity contribution in [3.8, 4) is 17.0 Å². The number of methoxy groups -OCH3 is 1. The van der Waals surface area contributed by atoms with E-state index in [1.54, 1.807) is 20.2 Å². The lowest BCUT2D eigenvalue weighted by molar-refractivity contribution is -0.387. The summed E-state index contributed by atoms with van der Waals surface area (Å²) in [6.45, 7) is 3.31. The molecule has 0 spiro atoms. The van der Waals surface area contributed by atoms with Crippen molar-refractivity contribution in [2.45, 2.75) is 26.3 Å². The Hall–Kier alpha value is -4.05. The van der Waals surface area contributed by atoms with Gasteiger partial charge < -0.3 is 19.4 Å². The number of nitrogens with zero attached hydrogens (tertiary/aromatic N) is 4. The van der Waals surface area contributed by atoms with Gasteiger partial charge in [-0.2, -0.15) is 4.39 Å². The van der Waals surface area contributed by atoms with Crippen molar-refractivity contribution in [3.63, 3.8) is 0 Å². The third kappa shape index (κ3) is 4.28. The molecule has 2 aromatic heterocycles. The maximum atomic E-state index is 14.0. The Kier molecular flexibility index (Phi) is 6.04. The molecule has 0 atom stereocenters. The van der Waals surface area contributed by atoms with E-state index in [9.17, 15) is 14.5 Å². The van der Waals surface area contributed by atoms with E-state index in [-0.39, 0.29) is 5.95 Å². The van der Waals surface area contributed by atoms with E-state index in [4.69, 9.17) is 14.5 Å². The number of aryl methyl sites for hydroxylation is 3. The summed E-state index contributed by atoms with van der Waals surface area (Å²) >= 11 is 0. The van der Waals surface area contributed by atoms with E-state index >= 15 is 0 Å². The monoisotopic (exact) mass is 477 g/mol. The number of nitro groups is 1. The molecule has 1 aliphatic heterocycles. The normalized spacial score (nSPS) is 12.7. The van der Waals surface area contributed by atoms with Gasteiger partial charge in [0, 0.05) is 36.9 Å². The highest BCUT2D eigenvalue weighted by Crippen LogP contribution is 2.39. The van der Waals surface area contributed by atoms with Gasteiger partial charge in [0.25, 0.3) is 0 Å². The third-order valence-corrected chi connectivity index (χ3v) is 6.12. The zero-order chi connectivity index (χ0) is 24.5. The Balaban J connectivity index is 1.60. The summed E-state index contributed by atoms with van der Waals surface area (Å²) in [4.78, 5) is 19.5. The van der Waals surface area contributed by atoms with E-state index in [0.717, 1.165) is 42.5 Å². The number of para-hydroxylation sites is 1. The molecule has 0 amide bonds. The fourth-order valence-electron chi connectivity index (χ4n) is 4.47. The average molecular weight is 477 g/mol. The molecule has 0 aliphatic carbocycles. The number of halogens is 1. The summed E-state index contributed by atoms with van der Waals surface area (Å²) in [7, 11) is 1.60. The van der Waals surface area contributed by atoms with Crippen molar-refractivity contribution in [1.29, 1.82) is 0 Å². The van der Waals surface area contributed by atoms with Crippen LogP contribution in [0.2, 0.25) is 0 Å². The first-order valence-corrected chi connectivity index (χ1v) is 11.3. The summed E-state index contributed by atoms with van der Waals surface area (Å²) in [6.07, 6.45) is 5.74. The molecule has 0 saturated heterocycles. The van der Waals surface area contributed by atoms with Gasteiger partial charge in [-0.15, -0.1) is 0 Å². The van der Waals surface area contributed by atoms with Crippen LogP contribution in [-0.2, 0) is 17.7 Å². The number of rotatable bonds is 8. The molecule has 2 aromatic carbocycles. The predicted molar refractivity (Wildman–Crippen MR) is 130 cm³/mol. The Morgan fingerprint density at radius 3 is 2.94 bits per heavy atom. The zero-order valence-corrected chi connectivity index (χ0v) is 19.4. The molecule has 1 N–H and O–H groups in total. The van der Waals surface area contributed by atoms with Crippen molar-refractivity contribution in [1.82, 2.24) is 14.5 Å². The number of hydrogen-bond donors (Lipinski definition) is 1. The minimum atomic E-state index is -0.893. The summed E-state index contributed by atoms with van der Waals surface area (Å²) in [5, 5.41) is 15.3. The molecular weight excluding hydrogens is 453 g/mol. The van der Waals surface area contributed by atoms with Crippen LogP contribution < -0.4 is 10.1 Å². The van der Waals surface area contributed by atoms with Crippen LogP contribution in [0.4, 0.5) is 21.7 Å². The molecule has 1 aliphatic rings. The second-order valence-electron chi connectivity index (χ2n) is 8.40. The Labute approximate surface area is 200 Å². The highest BCUT2D eigenvalue weighted by atomic mass is 19.1. The number of ether oxygens (including phenoxy) is 2. The number of anilines is 2. The fraction of sp³-hybridized carbons (Fsp3) is 0.280. The highest BCUT2D eigenvalue weighted by molar-refractivity contribution is 5.98. The van der Waals surface area contributed by atoms with Crippen LogP contribution in [0.5, 0.6) is 5.75 Å². The van der Waals surface area contributed by atoms with Gasteiger partial charge in [0.15, 0.2) is 5.75 Å². The lowest BCUT2D eigenvalue weighted by Gasteiger charge is -2.14. The van der Waals surface area contributed by atoms with Crippen LogP contribution in [0, 0.1) is 22.9 Å². The number of nitrogens with one attached hydrogen (secondary N) is 1. The van der Waals surface area contributed by atoms with Gasteiger partial charge in [0.1, 0.15) is 12.3 Å². The Morgan fingerprint density at radius 1 is 1.29 bits per heavy atom. The van der Waals surface area contributed by atoms with Crippen LogP contribution in [0.15, 0.2) is 42.7 Å². The molecule has 9 nitrogen and oxygen atoms in total. The summed E-state index contributed by atoms with van der Waals surface area (Å²) in [5.41, 5.74) is 4.20. The van der Waals surface area contributed by atoms with Crippen molar-refractivity contribution in [3.05, 3.63) is 69.8 Å². The van der Waals surface area contributed by atoms with E-state index in [2.05, 4.69) is 33.2 Å². The Morgan fingerprint density at radius 2 is 2.14 bits per heavy atom. The number of aromatic nitrogens is 3. The van der Waals surface area contributed by atoms with Gasteiger partial charge in [0.05, 0.1) is 28.9 Å². The molecule has 10 heteroatoms. The summed E-state index contributed by atoms with van der Waals surface area (Å²) < 4.78 is 27.3. The Bertz CT molecular complexity index is 1440. The van der Waals surface area contributed by atoms with Crippen molar-refractivity contribution in [2.24, 2.45) is 0 Å². The molecule has 0 saturated carbocycles. The topological polar surface area (TPSA) is 104 Å². The smallest absolute Gasteiger partial charge is 0.306 e. The van der Waals surface area contributed by atoms with Gasteiger partial charge in [-0.1, -0.05) is 18.2 Å². The van der Waals surface area contributed by atoms with Gasteiger partial charge >= 0.3 is 5.69 Å². The lowest BCUT2D eigenvalue weighted by Crippen LogP contribution is -2.08. The molecule has 4 aromatic rings. The maximum Gasteiger partial charge on any atom is 0.306 e. The molecule has 5 rings (SSSR count). The van der Waals surface area contributed by atoms with Crippen LogP contribution in [-0.4, -0.2) is 39.8 Å². The molecule has 180 valence electrons. The van der Waals surface area contributed by atoms with Crippen LogP contribution in [0.3, 0.4) is 0 Å². The third-order valence-electron chi connectivity index (χ3n) is 6.12. The number of hydrogen-bond acceptors (Lipinski definition) is 7. The average Bonchev–Trinajstić information content (AvgIpc) is 3.22. The summed E-state index contributed by atoms with van der Waals surface area (Å²) in [5.74, 6) is -0.177. The van der Waals surface area contributed by atoms with Crippen LogP contribution in [0.25, 0.3) is 22.2 Å². The predicted octanol–water partition coefficient (Wildman–Crippen LogP) is 5.17. The van der Waals surface area contributed by atoms with E-state index in [1.165, 1.54) is 11.1 Å². The summed E-state index contributed by atoms with van der Waals surface area (Å²) in [6, 6.07) is 8.53. The molecule has 3 heterocycles.